The maximum absolute atomic E-state index is 14.6. The molecule has 168 valence electrons. The van der Waals surface area contributed by atoms with Gasteiger partial charge in [-0.1, -0.05) is 6.42 Å². The Morgan fingerprint density at radius 3 is 2.77 bits per heavy atom. The Kier molecular flexibility index (Phi) is 6.42. The predicted octanol–water partition coefficient (Wildman–Crippen LogP) is 3.12. The van der Waals surface area contributed by atoms with Crippen molar-refractivity contribution in [1.29, 1.82) is 0 Å². The number of fused-ring (bicyclic) bond motifs is 11. The summed E-state index contributed by atoms with van der Waals surface area (Å²) < 4.78 is 47.3. The van der Waals surface area contributed by atoms with Gasteiger partial charge in [-0.15, -0.1) is 0 Å². The summed E-state index contributed by atoms with van der Waals surface area (Å²) in [6, 6.07) is 5.53. The SMILES string of the molecule is O=C1NCCCCCNS(=O)(=O)c2ccc(c(F)c2)Nc2cc([nH]n2)[C@@H]2CC[C@@H](C2)O1. The van der Waals surface area contributed by atoms with Crippen molar-refractivity contribution in [2.75, 3.05) is 18.4 Å². The first kappa shape index (κ1) is 21.6. The minimum atomic E-state index is -3.81. The standard InChI is InChI=1S/C20H26FN5O4S/c21-16-11-15-6-7-17(16)24-19-12-18(25-26-19)13-4-5-14(10-13)30-20(27)22-8-2-1-3-9-23-31(15,28)29/h6-7,11-14,23H,1-5,8-10H2,(H,22,27)(H2,24,25,26)/t13-,14+/m1/s1. The quantitative estimate of drug-likeness (QED) is 0.488. The van der Waals surface area contributed by atoms with Crippen LogP contribution in [-0.2, 0) is 14.8 Å². The van der Waals surface area contributed by atoms with Gasteiger partial charge in [-0.25, -0.2) is 22.3 Å². The van der Waals surface area contributed by atoms with E-state index in [1.165, 1.54) is 12.1 Å². The van der Waals surface area contributed by atoms with E-state index in [0.29, 0.717) is 31.6 Å². The van der Waals surface area contributed by atoms with Crippen molar-refractivity contribution >= 4 is 27.6 Å². The first-order valence-electron chi connectivity index (χ1n) is 10.5. The number of rotatable bonds is 0. The minimum absolute atomic E-state index is 0.132. The molecule has 0 spiro atoms. The summed E-state index contributed by atoms with van der Waals surface area (Å²) in [5.41, 5.74) is 1.01. The minimum Gasteiger partial charge on any atom is -0.446 e. The van der Waals surface area contributed by atoms with Crippen LogP contribution in [0.3, 0.4) is 0 Å². The highest BCUT2D eigenvalue weighted by Gasteiger charge is 2.30. The van der Waals surface area contributed by atoms with Gasteiger partial charge in [0.2, 0.25) is 10.0 Å². The van der Waals surface area contributed by atoms with E-state index in [4.69, 9.17) is 4.74 Å². The lowest BCUT2D eigenvalue weighted by atomic mass is 10.0. The van der Waals surface area contributed by atoms with Crippen molar-refractivity contribution < 1.29 is 22.3 Å². The molecule has 0 radical (unpaired) electrons. The van der Waals surface area contributed by atoms with Gasteiger partial charge in [0.05, 0.1) is 10.6 Å². The largest absolute Gasteiger partial charge is 0.446 e. The Hall–Kier alpha value is -2.66. The Labute approximate surface area is 180 Å². The second-order valence-corrected chi connectivity index (χ2v) is 9.66. The number of amides is 1. The molecule has 1 aliphatic carbocycles. The molecule has 4 N–H and O–H groups in total. The molecule has 3 heterocycles. The van der Waals surface area contributed by atoms with Gasteiger partial charge >= 0.3 is 6.09 Å². The number of benzene rings is 1. The van der Waals surface area contributed by atoms with E-state index < -0.39 is 21.9 Å². The van der Waals surface area contributed by atoms with Crippen molar-refractivity contribution in [3.8, 4) is 0 Å². The molecule has 11 heteroatoms. The monoisotopic (exact) mass is 451 g/mol. The van der Waals surface area contributed by atoms with Crippen molar-refractivity contribution in [3.05, 3.63) is 35.8 Å². The van der Waals surface area contributed by atoms with Gasteiger partial charge in [-0.3, -0.25) is 5.10 Å². The van der Waals surface area contributed by atoms with Crippen molar-refractivity contribution in [2.45, 2.75) is 55.4 Å². The van der Waals surface area contributed by atoms with E-state index >= 15 is 0 Å². The number of ether oxygens (including phenoxy) is 1. The number of anilines is 2. The van der Waals surface area contributed by atoms with E-state index in [9.17, 15) is 17.6 Å². The molecule has 2 aliphatic heterocycles. The molecule has 0 unspecified atom stereocenters. The van der Waals surface area contributed by atoms with Gasteiger partial charge in [0.1, 0.15) is 11.9 Å². The van der Waals surface area contributed by atoms with Crippen LogP contribution in [0.15, 0.2) is 29.2 Å². The zero-order chi connectivity index (χ0) is 21.8. The van der Waals surface area contributed by atoms with Crippen LogP contribution in [0.5, 0.6) is 0 Å². The van der Waals surface area contributed by atoms with E-state index in [0.717, 1.165) is 31.0 Å². The number of hydrogen-bond acceptors (Lipinski definition) is 6. The molecule has 9 nitrogen and oxygen atoms in total. The number of nitrogens with zero attached hydrogens (tertiary/aromatic N) is 1. The highest BCUT2D eigenvalue weighted by molar-refractivity contribution is 7.89. The van der Waals surface area contributed by atoms with Gasteiger partial charge in [-0.05, 0) is 50.3 Å². The fourth-order valence-corrected chi connectivity index (χ4v) is 5.03. The van der Waals surface area contributed by atoms with Gasteiger partial charge in [0.15, 0.2) is 5.82 Å². The lowest BCUT2D eigenvalue weighted by Gasteiger charge is -2.13. The zero-order valence-corrected chi connectivity index (χ0v) is 17.8. The molecule has 6 bridgehead atoms. The number of H-pyrrole nitrogens is 1. The van der Waals surface area contributed by atoms with Gasteiger partial charge in [-0.2, -0.15) is 5.10 Å². The Morgan fingerprint density at radius 2 is 1.94 bits per heavy atom. The second kappa shape index (κ2) is 9.23. The molecular formula is C20H26FN5O4S. The molecule has 1 aromatic carbocycles. The molecule has 1 aromatic heterocycles. The van der Waals surface area contributed by atoms with Crippen LogP contribution in [0.1, 0.15) is 50.1 Å². The highest BCUT2D eigenvalue weighted by Crippen LogP contribution is 2.36. The van der Waals surface area contributed by atoms with E-state index in [1.807, 2.05) is 0 Å². The normalized spacial score (nSPS) is 24.5. The molecule has 5 rings (SSSR count). The summed E-state index contributed by atoms with van der Waals surface area (Å²) in [6.45, 7) is 0.692. The van der Waals surface area contributed by atoms with Gasteiger partial charge in [0, 0.05) is 30.8 Å². The number of nitrogens with one attached hydrogen (secondary N) is 4. The molecule has 3 aliphatic rings. The molecule has 2 atom stereocenters. The summed E-state index contributed by atoms with van der Waals surface area (Å²) in [5.74, 6) is -0.0914. The number of aromatic nitrogens is 2. The number of carbonyl (C=O) groups is 1. The lowest BCUT2D eigenvalue weighted by Crippen LogP contribution is -2.29. The fraction of sp³-hybridized carbons (Fsp3) is 0.500. The third kappa shape index (κ3) is 5.34. The third-order valence-electron chi connectivity index (χ3n) is 5.62. The topological polar surface area (TPSA) is 125 Å². The summed E-state index contributed by atoms with van der Waals surface area (Å²) >= 11 is 0. The summed E-state index contributed by atoms with van der Waals surface area (Å²) in [5, 5.41) is 12.8. The number of aromatic amines is 1. The van der Waals surface area contributed by atoms with E-state index in [1.54, 1.807) is 6.07 Å². The fourth-order valence-electron chi connectivity index (χ4n) is 3.94. The van der Waals surface area contributed by atoms with Crippen molar-refractivity contribution in [2.24, 2.45) is 0 Å². The van der Waals surface area contributed by atoms with Gasteiger partial charge < -0.3 is 15.4 Å². The Bertz CT molecular complexity index is 1040. The molecule has 0 saturated heterocycles. The molecule has 2 aromatic rings. The maximum Gasteiger partial charge on any atom is 0.407 e. The van der Waals surface area contributed by atoms with E-state index in [-0.39, 0.29) is 29.1 Å². The first-order valence-corrected chi connectivity index (χ1v) is 11.9. The maximum atomic E-state index is 14.6. The molecule has 1 fully saturated rings. The lowest BCUT2D eigenvalue weighted by molar-refractivity contribution is 0.100. The van der Waals surface area contributed by atoms with Crippen molar-refractivity contribution in [3.63, 3.8) is 0 Å². The number of hydrogen-bond donors (Lipinski definition) is 4. The first-order chi connectivity index (χ1) is 14.9. The predicted molar refractivity (Wildman–Crippen MR) is 112 cm³/mol. The highest BCUT2D eigenvalue weighted by atomic mass is 32.2. The van der Waals surface area contributed by atoms with Crippen molar-refractivity contribution in [1.82, 2.24) is 20.2 Å². The summed E-state index contributed by atoms with van der Waals surface area (Å²) in [7, 11) is -3.81. The number of halogens is 1. The Balaban J connectivity index is 1.54. The molecular weight excluding hydrogens is 425 g/mol. The summed E-state index contributed by atoms with van der Waals surface area (Å²) in [6.07, 6.45) is 3.78. The third-order valence-corrected chi connectivity index (χ3v) is 7.08. The average molecular weight is 452 g/mol. The van der Waals surface area contributed by atoms with Crippen LogP contribution in [-0.4, -0.2) is 43.9 Å². The van der Waals surface area contributed by atoms with Crippen LogP contribution in [0.4, 0.5) is 20.7 Å². The van der Waals surface area contributed by atoms with Gasteiger partial charge in [0.25, 0.3) is 0 Å². The zero-order valence-electron chi connectivity index (χ0n) is 17.0. The van der Waals surface area contributed by atoms with Crippen LogP contribution in [0.25, 0.3) is 0 Å². The van der Waals surface area contributed by atoms with Crippen LogP contribution in [0, 0.1) is 5.82 Å². The van der Waals surface area contributed by atoms with Crippen LogP contribution >= 0.6 is 0 Å². The number of carbonyl (C=O) groups excluding carboxylic acids is 1. The number of alkyl carbamates (subject to hydrolysis) is 1. The van der Waals surface area contributed by atoms with Crippen LogP contribution < -0.4 is 15.4 Å². The molecule has 1 saturated carbocycles. The average Bonchev–Trinajstić information content (AvgIpc) is 3.37. The van der Waals surface area contributed by atoms with E-state index in [2.05, 4.69) is 25.6 Å². The smallest absolute Gasteiger partial charge is 0.407 e. The summed E-state index contributed by atoms with van der Waals surface area (Å²) in [4.78, 5) is 11.9. The molecule has 31 heavy (non-hydrogen) atoms. The Morgan fingerprint density at radius 1 is 1.10 bits per heavy atom. The second-order valence-electron chi connectivity index (χ2n) is 7.90. The molecule has 1 amide bonds. The number of sulfonamides is 1. The van der Waals surface area contributed by atoms with Crippen LogP contribution in [0.2, 0.25) is 0 Å².